The Morgan fingerprint density at radius 2 is 1.62 bits per heavy atom. The second kappa shape index (κ2) is 8.52. The molecule has 0 unspecified atom stereocenters. The molecule has 0 saturated heterocycles. The monoisotopic (exact) mass is 291 g/mol. The highest BCUT2D eigenvalue weighted by Gasteiger charge is 2.28. The summed E-state index contributed by atoms with van der Waals surface area (Å²) in [6.45, 7) is 11.6. The van der Waals surface area contributed by atoms with Crippen molar-refractivity contribution in [3.8, 4) is 0 Å². The van der Waals surface area contributed by atoms with Gasteiger partial charge in [-0.25, -0.2) is 0 Å². The summed E-state index contributed by atoms with van der Waals surface area (Å²) in [6, 6.07) is 0. The lowest BCUT2D eigenvalue weighted by atomic mass is 9.80. The number of nitrogens with zero attached hydrogens (tertiary/aromatic N) is 1. The summed E-state index contributed by atoms with van der Waals surface area (Å²) in [4.78, 5) is 2.51. The fraction of sp³-hybridized carbons (Fsp3) is 1.00. The van der Waals surface area contributed by atoms with Gasteiger partial charge in [-0.1, -0.05) is 56.5 Å². The predicted molar refractivity (Wildman–Crippen MR) is 78.4 cm³/mol. The van der Waals surface area contributed by atoms with Crippen molar-refractivity contribution in [2.45, 2.75) is 53.4 Å². The zero-order valence-corrected chi connectivity index (χ0v) is 13.4. The summed E-state index contributed by atoms with van der Waals surface area (Å²) < 4.78 is 0. The number of alkyl halides is 1. The maximum atomic E-state index is 3.74. The number of hydrogen-bond acceptors (Lipinski definition) is 1. The largest absolute Gasteiger partial charge is 0.306 e. The zero-order chi connectivity index (χ0) is 12.6. The highest BCUT2D eigenvalue weighted by Crippen LogP contribution is 2.33. The Morgan fingerprint density at radius 1 is 1.12 bits per heavy atom. The van der Waals surface area contributed by atoms with Crippen molar-refractivity contribution in [3.63, 3.8) is 0 Å². The fourth-order valence-corrected chi connectivity index (χ4v) is 3.52. The van der Waals surface area contributed by atoms with Gasteiger partial charge in [-0.05, 0) is 31.2 Å². The van der Waals surface area contributed by atoms with E-state index in [2.05, 4.69) is 55.6 Å². The zero-order valence-electron chi connectivity index (χ0n) is 11.9. The third-order valence-electron chi connectivity index (χ3n) is 3.13. The Bertz CT molecular complexity index is 162. The van der Waals surface area contributed by atoms with Crippen LogP contribution in [0.25, 0.3) is 0 Å². The molecule has 0 aromatic rings. The average Bonchev–Trinajstić information content (AvgIpc) is 2.16. The summed E-state index contributed by atoms with van der Waals surface area (Å²) in [7, 11) is 2.27. The SMILES string of the molecule is CCCC(CBr)(CCC)CN(C)CC(C)C. The van der Waals surface area contributed by atoms with Gasteiger partial charge in [-0.3, -0.25) is 0 Å². The van der Waals surface area contributed by atoms with E-state index in [4.69, 9.17) is 0 Å². The van der Waals surface area contributed by atoms with Crippen molar-refractivity contribution < 1.29 is 0 Å². The molecule has 0 aliphatic heterocycles. The van der Waals surface area contributed by atoms with Crippen molar-refractivity contribution in [2.24, 2.45) is 11.3 Å². The van der Waals surface area contributed by atoms with Crippen LogP contribution >= 0.6 is 15.9 Å². The molecule has 0 atom stereocenters. The highest BCUT2D eigenvalue weighted by molar-refractivity contribution is 9.09. The van der Waals surface area contributed by atoms with Gasteiger partial charge in [0.2, 0.25) is 0 Å². The van der Waals surface area contributed by atoms with Gasteiger partial charge in [0.25, 0.3) is 0 Å². The third kappa shape index (κ3) is 6.24. The average molecular weight is 292 g/mol. The van der Waals surface area contributed by atoms with E-state index in [1.165, 1.54) is 38.8 Å². The Kier molecular flexibility index (Phi) is 8.75. The molecule has 0 amide bonds. The topological polar surface area (TPSA) is 3.24 Å². The van der Waals surface area contributed by atoms with E-state index >= 15 is 0 Å². The number of rotatable bonds is 9. The molecule has 0 N–H and O–H groups in total. The molecule has 0 aromatic carbocycles. The molecule has 0 bridgehead atoms. The summed E-state index contributed by atoms with van der Waals surface area (Å²) in [5.74, 6) is 0.765. The molecule has 1 nitrogen and oxygen atoms in total. The lowest BCUT2D eigenvalue weighted by molar-refractivity contribution is 0.160. The number of hydrogen-bond donors (Lipinski definition) is 0. The van der Waals surface area contributed by atoms with Crippen LogP contribution < -0.4 is 0 Å². The summed E-state index contributed by atoms with van der Waals surface area (Å²) in [6.07, 6.45) is 5.27. The molecule has 2 heteroatoms. The van der Waals surface area contributed by atoms with Crippen molar-refractivity contribution in [1.82, 2.24) is 4.90 Å². The molecule has 0 heterocycles. The first kappa shape index (κ1) is 16.4. The highest BCUT2D eigenvalue weighted by atomic mass is 79.9. The van der Waals surface area contributed by atoms with Crippen LogP contribution in [0.1, 0.15) is 53.4 Å². The van der Waals surface area contributed by atoms with E-state index in [1.807, 2.05) is 0 Å². The molecule has 0 rings (SSSR count). The van der Waals surface area contributed by atoms with Crippen LogP contribution in [0.15, 0.2) is 0 Å². The summed E-state index contributed by atoms with van der Waals surface area (Å²) in [5, 5.41) is 1.14. The molecule has 0 aliphatic carbocycles. The molecule has 0 aromatic heterocycles. The molecular formula is C14H30BrN. The van der Waals surface area contributed by atoms with Gasteiger partial charge >= 0.3 is 0 Å². The first-order chi connectivity index (χ1) is 7.49. The molecule has 16 heavy (non-hydrogen) atoms. The van der Waals surface area contributed by atoms with Gasteiger partial charge in [0.05, 0.1) is 0 Å². The minimum Gasteiger partial charge on any atom is -0.306 e. The van der Waals surface area contributed by atoms with Crippen LogP contribution in [0.4, 0.5) is 0 Å². The fourth-order valence-electron chi connectivity index (χ4n) is 2.78. The second-order valence-corrected chi connectivity index (χ2v) is 6.28. The quantitative estimate of drug-likeness (QED) is 0.563. The Hall–Kier alpha value is 0.440. The van der Waals surface area contributed by atoms with Gasteiger partial charge in [-0.15, -0.1) is 0 Å². The summed E-state index contributed by atoms with van der Waals surface area (Å²) in [5.41, 5.74) is 0.493. The maximum Gasteiger partial charge on any atom is 0.0100 e. The van der Waals surface area contributed by atoms with Crippen LogP contribution in [0, 0.1) is 11.3 Å². The lowest BCUT2D eigenvalue weighted by Crippen LogP contribution is -2.38. The minimum absolute atomic E-state index is 0.493. The van der Waals surface area contributed by atoms with Gasteiger partial charge < -0.3 is 4.90 Å². The van der Waals surface area contributed by atoms with Crippen molar-refractivity contribution >= 4 is 15.9 Å². The second-order valence-electron chi connectivity index (χ2n) is 5.72. The molecular weight excluding hydrogens is 262 g/mol. The maximum absolute atomic E-state index is 3.74. The molecule has 0 aliphatic rings. The van der Waals surface area contributed by atoms with Crippen molar-refractivity contribution in [1.29, 1.82) is 0 Å². The molecule has 0 saturated carbocycles. The van der Waals surface area contributed by atoms with Gasteiger partial charge in [-0.2, -0.15) is 0 Å². The normalized spacial score (nSPS) is 12.8. The Balaban J connectivity index is 4.37. The van der Waals surface area contributed by atoms with E-state index in [0.29, 0.717) is 5.41 Å². The van der Waals surface area contributed by atoms with Gasteiger partial charge in [0, 0.05) is 18.4 Å². The van der Waals surface area contributed by atoms with E-state index in [9.17, 15) is 0 Å². The number of halogens is 1. The Morgan fingerprint density at radius 3 is 1.94 bits per heavy atom. The van der Waals surface area contributed by atoms with Crippen LogP contribution in [0.5, 0.6) is 0 Å². The van der Waals surface area contributed by atoms with E-state index in [-0.39, 0.29) is 0 Å². The standard InChI is InChI=1S/C14H30BrN/c1-6-8-14(11-15,9-7-2)12-16(5)10-13(3)4/h13H,6-12H2,1-5H3. The van der Waals surface area contributed by atoms with Crippen LogP contribution in [-0.2, 0) is 0 Å². The Labute approximate surface area is 111 Å². The smallest absolute Gasteiger partial charge is 0.0100 e. The minimum atomic E-state index is 0.493. The molecule has 0 radical (unpaired) electrons. The van der Waals surface area contributed by atoms with Crippen LogP contribution in [0.3, 0.4) is 0 Å². The van der Waals surface area contributed by atoms with E-state index in [0.717, 1.165) is 11.2 Å². The van der Waals surface area contributed by atoms with Gasteiger partial charge in [0.1, 0.15) is 0 Å². The lowest BCUT2D eigenvalue weighted by Gasteiger charge is -2.36. The van der Waals surface area contributed by atoms with Crippen LogP contribution in [0.2, 0.25) is 0 Å². The molecule has 0 spiro atoms. The molecule has 98 valence electrons. The predicted octanol–water partition coefficient (Wildman–Crippen LogP) is 4.56. The van der Waals surface area contributed by atoms with E-state index < -0.39 is 0 Å². The van der Waals surface area contributed by atoms with Crippen molar-refractivity contribution in [2.75, 3.05) is 25.5 Å². The van der Waals surface area contributed by atoms with Gasteiger partial charge in [0.15, 0.2) is 0 Å². The van der Waals surface area contributed by atoms with Crippen LogP contribution in [-0.4, -0.2) is 30.4 Å². The molecule has 0 fully saturated rings. The first-order valence-corrected chi connectivity index (χ1v) is 7.86. The van der Waals surface area contributed by atoms with Crippen molar-refractivity contribution in [3.05, 3.63) is 0 Å². The summed E-state index contributed by atoms with van der Waals surface area (Å²) >= 11 is 3.74. The third-order valence-corrected chi connectivity index (χ3v) is 4.32. The first-order valence-electron chi connectivity index (χ1n) is 6.74. The van der Waals surface area contributed by atoms with E-state index in [1.54, 1.807) is 0 Å².